The molecule has 0 aliphatic rings. The van der Waals surface area contributed by atoms with Crippen molar-refractivity contribution in [2.24, 2.45) is 0 Å². The number of hydrogen-bond donors (Lipinski definition) is 2. The van der Waals surface area contributed by atoms with E-state index in [1.807, 2.05) is 0 Å². The number of hydrogen-bond acceptors (Lipinski definition) is 2. The maximum Gasteiger partial charge on any atom is 0.242 e. The van der Waals surface area contributed by atoms with Crippen LogP contribution in [0, 0.1) is 5.82 Å². The molecule has 2 amide bonds. The fourth-order valence-electron chi connectivity index (χ4n) is 1.55. The molecule has 0 radical (unpaired) electrons. The third-order valence-electron chi connectivity index (χ3n) is 2.46. The summed E-state index contributed by atoms with van der Waals surface area (Å²) >= 11 is 0. The van der Waals surface area contributed by atoms with Gasteiger partial charge in [-0.15, -0.1) is 0 Å². The number of amides is 2. The molecule has 5 heteroatoms. The quantitative estimate of drug-likeness (QED) is 0.821. The summed E-state index contributed by atoms with van der Waals surface area (Å²) < 4.78 is 13.3. The van der Waals surface area contributed by atoms with Gasteiger partial charge in [0.2, 0.25) is 11.8 Å². The second-order valence-corrected chi connectivity index (χ2v) is 4.05. The van der Waals surface area contributed by atoms with Crippen LogP contribution in [0.5, 0.6) is 0 Å². The first-order chi connectivity index (χ1) is 8.50. The number of carbonyl (C=O) groups is 2. The Balaban J connectivity index is 2.36. The van der Waals surface area contributed by atoms with Gasteiger partial charge in [-0.2, -0.15) is 0 Å². The van der Waals surface area contributed by atoms with Crippen LogP contribution in [0.15, 0.2) is 24.3 Å². The standard InChI is InChI=1S/C13H17FN2O2/c1-9(16-10(2)17)13(18)15-8-7-11-5-3-4-6-12(11)14/h3-6,9H,7-8H2,1-2H3,(H,15,18)(H,16,17)/t9-/m0/s1. The third-order valence-corrected chi connectivity index (χ3v) is 2.46. The third kappa shape index (κ3) is 4.53. The lowest BCUT2D eigenvalue weighted by Gasteiger charge is -2.12. The molecule has 0 bridgehead atoms. The number of carbonyl (C=O) groups excluding carboxylic acids is 2. The van der Waals surface area contributed by atoms with Gasteiger partial charge in [0, 0.05) is 13.5 Å². The van der Waals surface area contributed by atoms with Crippen LogP contribution in [-0.4, -0.2) is 24.4 Å². The normalized spacial score (nSPS) is 11.7. The molecule has 0 saturated carbocycles. The van der Waals surface area contributed by atoms with E-state index >= 15 is 0 Å². The molecular weight excluding hydrogens is 235 g/mol. The maximum absolute atomic E-state index is 13.3. The van der Waals surface area contributed by atoms with Crippen LogP contribution in [0.4, 0.5) is 4.39 Å². The van der Waals surface area contributed by atoms with Gasteiger partial charge in [-0.05, 0) is 25.0 Å². The van der Waals surface area contributed by atoms with Crippen molar-refractivity contribution in [2.45, 2.75) is 26.3 Å². The average Bonchev–Trinajstić information content (AvgIpc) is 2.30. The Morgan fingerprint density at radius 2 is 2.00 bits per heavy atom. The SMILES string of the molecule is CC(=O)N[C@@H](C)C(=O)NCCc1ccccc1F. The smallest absolute Gasteiger partial charge is 0.242 e. The molecule has 1 atom stereocenters. The van der Waals surface area contributed by atoms with E-state index in [1.165, 1.54) is 13.0 Å². The molecule has 0 aliphatic carbocycles. The van der Waals surface area contributed by atoms with Gasteiger partial charge in [0.05, 0.1) is 0 Å². The molecular formula is C13H17FN2O2. The largest absolute Gasteiger partial charge is 0.354 e. The number of benzene rings is 1. The topological polar surface area (TPSA) is 58.2 Å². The first-order valence-corrected chi connectivity index (χ1v) is 5.79. The van der Waals surface area contributed by atoms with Crippen LogP contribution in [0.2, 0.25) is 0 Å². The van der Waals surface area contributed by atoms with E-state index in [-0.39, 0.29) is 17.6 Å². The predicted molar refractivity (Wildman–Crippen MR) is 66.4 cm³/mol. The van der Waals surface area contributed by atoms with Crippen LogP contribution in [-0.2, 0) is 16.0 Å². The van der Waals surface area contributed by atoms with E-state index in [0.29, 0.717) is 18.5 Å². The summed E-state index contributed by atoms with van der Waals surface area (Å²) in [5, 5.41) is 5.12. The van der Waals surface area contributed by atoms with E-state index in [4.69, 9.17) is 0 Å². The highest BCUT2D eigenvalue weighted by atomic mass is 19.1. The first-order valence-electron chi connectivity index (χ1n) is 5.79. The zero-order chi connectivity index (χ0) is 13.5. The summed E-state index contributed by atoms with van der Waals surface area (Å²) in [7, 11) is 0. The molecule has 1 aromatic rings. The number of rotatable bonds is 5. The van der Waals surface area contributed by atoms with Gasteiger partial charge < -0.3 is 10.6 Å². The lowest BCUT2D eigenvalue weighted by Crippen LogP contribution is -2.44. The lowest BCUT2D eigenvalue weighted by molar-refractivity contribution is -0.127. The van der Waals surface area contributed by atoms with Crippen LogP contribution in [0.1, 0.15) is 19.4 Å². The number of nitrogens with one attached hydrogen (secondary N) is 2. The Bertz CT molecular complexity index is 435. The summed E-state index contributed by atoms with van der Waals surface area (Å²) in [5.41, 5.74) is 0.560. The summed E-state index contributed by atoms with van der Waals surface area (Å²) in [6.07, 6.45) is 0.422. The van der Waals surface area contributed by atoms with Crippen molar-refractivity contribution in [3.05, 3.63) is 35.6 Å². The molecule has 0 aromatic heterocycles. The summed E-state index contributed by atoms with van der Waals surface area (Å²) in [4.78, 5) is 22.3. The van der Waals surface area contributed by atoms with Gasteiger partial charge in [0.15, 0.2) is 0 Å². The second-order valence-electron chi connectivity index (χ2n) is 4.05. The van der Waals surface area contributed by atoms with Crippen molar-refractivity contribution in [2.75, 3.05) is 6.54 Å². The van der Waals surface area contributed by atoms with Crippen LogP contribution >= 0.6 is 0 Å². The van der Waals surface area contributed by atoms with E-state index in [0.717, 1.165) is 0 Å². The Hall–Kier alpha value is -1.91. The van der Waals surface area contributed by atoms with Crippen molar-refractivity contribution in [3.63, 3.8) is 0 Å². The molecule has 0 fully saturated rings. The van der Waals surface area contributed by atoms with Crippen molar-refractivity contribution < 1.29 is 14.0 Å². The fraction of sp³-hybridized carbons (Fsp3) is 0.385. The molecule has 2 N–H and O–H groups in total. The van der Waals surface area contributed by atoms with Gasteiger partial charge in [-0.25, -0.2) is 4.39 Å². The van der Waals surface area contributed by atoms with Gasteiger partial charge in [-0.1, -0.05) is 18.2 Å². The highest BCUT2D eigenvalue weighted by Gasteiger charge is 2.12. The molecule has 0 saturated heterocycles. The van der Waals surface area contributed by atoms with E-state index < -0.39 is 6.04 Å². The minimum absolute atomic E-state index is 0.258. The molecule has 0 spiro atoms. The van der Waals surface area contributed by atoms with Gasteiger partial charge >= 0.3 is 0 Å². The zero-order valence-corrected chi connectivity index (χ0v) is 10.5. The Labute approximate surface area is 106 Å². The van der Waals surface area contributed by atoms with E-state index in [2.05, 4.69) is 10.6 Å². The van der Waals surface area contributed by atoms with Crippen LogP contribution < -0.4 is 10.6 Å². The summed E-state index contributed by atoms with van der Waals surface area (Å²) in [5.74, 6) is -0.810. The summed E-state index contributed by atoms with van der Waals surface area (Å²) in [6, 6.07) is 5.86. The van der Waals surface area contributed by atoms with Gasteiger partial charge in [0.25, 0.3) is 0 Å². The molecule has 1 aromatic carbocycles. The highest BCUT2D eigenvalue weighted by Crippen LogP contribution is 2.06. The molecule has 4 nitrogen and oxygen atoms in total. The number of halogens is 1. The molecule has 0 unspecified atom stereocenters. The van der Waals surface area contributed by atoms with Crippen molar-refractivity contribution in [1.29, 1.82) is 0 Å². The monoisotopic (exact) mass is 252 g/mol. The lowest BCUT2D eigenvalue weighted by atomic mass is 10.1. The second kappa shape index (κ2) is 6.74. The Morgan fingerprint density at radius 1 is 1.33 bits per heavy atom. The molecule has 0 heterocycles. The maximum atomic E-state index is 13.3. The van der Waals surface area contributed by atoms with Gasteiger partial charge in [-0.3, -0.25) is 9.59 Å². The van der Waals surface area contributed by atoms with Crippen molar-refractivity contribution in [3.8, 4) is 0 Å². The fourth-order valence-corrected chi connectivity index (χ4v) is 1.55. The van der Waals surface area contributed by atoms with Crippen LogP contribution in [0.3, 0.4) is 0 Å². The summed E-state index contributed by atoms with van der Waals surface area (Å²) in [6.45, 7) is 3.28. The minimum Gasteiger partial charge on any atom is -0.354 e. The van der Waals surface area contributed by atoms with Crippen molar-refractivity contribution >= 4 is 11.8 Å². The first kappa shape index (κ1) is 14.2. The Kier molecular flexibility index (Phi) is 5.30. The van der Waals surface area contributed by atoms with Crippen molar-refractivity contribution in [1.82, 2.24) is 10.6 Å². The highest BCUT2D eigenvalue weighted by molar-refractivity contribution is 5.86. The van der Waals surface area contributed by atoms with Crippen LogP contribution in [0.25, 0.3) is 0 Å². The van der Waals surface area contributed by atoms with E-state index in [1.54, 1.807) is 25.1 Å². The Morgan fingerprint density at radius 3 is 2.61 bits per heavy atom. The predicted octanol–water partition coefficient (Wildman–Crippen LogP) is 1.01. The molecule has 1 rings (SSSR count). The molecule has 98 valence electrons. The zero-order valence-electron chi connectivity index (χ0n) is 10.5. The molecule has 18 heavy (non-hydrogen) atoms. The van der Waals surface area contributed by atoms with Gasteiger partial charge in [0.1, 0.15) is 11.9 Å². The minimum atomic E-state index is -0.580. The molecule has 0 aliphatic heterocycles. The van der Waals surface area contributed by atoms with E-state index in [9.17, 15) is 14.0 Å². The average molecular weight is 252 g/mol.